The van der Waals surface area contributed by atoms with Gasteiger partial charge in [-0.15, -0.1) is 0 Å². The zero-order chi connectivity index (χ0) is 21.0. The summed E-state index contributed by atoms with van der Waals surface area (Å²) in [5.41, 5.74) is 0. The molecule has 0 saturated heterocycles. The van der Waals surface area contributed by atoms with Crippen LogP contribution in [0.4, 0.5) is 8.78 Å². The van der Waals surface area contributed by atoms with Crippen LogP contribution < -0.4 is 0 Å². The predicted octanol–water partition coefficient (Wildman–Crippen LogP) is 5.84. The number of rotatable bonds is 0. The summed E-state index contributed by atoms with van der Waals surface area (Å²) in [7, 11) is 0. The summed E-state index contributed by atoms with van der Waals surface area (Å²) in [6.45, 7) is 0. The first kappa shape index (κ1) is 25.4. The normalized spacial score (nSPS) is 8.29. The van der Waals surface area contributed by atoms with E-state index in [4.69, 9.17) is 10.2 Å². The van der Waals surface area contributed by atoms with Crippen molar-refractivity contribution in [2.24, 2.45) is 0 Å². The standard InChI is InChI=1S/2C6H5FO.2C5H5.CH2.Zr/c2*7-5-3-1-2-4-6(5)8;2*1-2-4-5-3-1;;/h2*1-4,8H;2*1-5H;1H2;/q;;2*-1;;+2. The molecule has 0 bridgehead atoms. The molecule has 4 aromatic carbocycles. The maximum absolute atomic E-state index is 12.1. The number of phenols is 2. The third kappa shape index (κ3) is 13.5. The second-order valence-electron chi connectivity index (χ2n) is 4.83. The van der Waals surface area contributed by atoms with Gasteiger partial charge in [-0.1, -0.05) is 24.3 Å². The van der Waals surface area contributed by atoms with Crippen LogP contribution >= 0.6 is 0 Å². The number of aromatic hydroxyl groups is 2. The SMILES string of the molecule is Oc1ccccc1F.Oc1ccccc1F.[CH2]=[Zr+2].c1cc[cH-]c1.c1cc[cH-]c1. The van der Waals surface area contributed by atoms with Gasteiger partial charge in [0.1, 0.15) is 0 Å². The molecule has 4 rings (SSSR count). The predicted molar refractivity (Wildman–Crippen MR) is 107 cm³/mol. The molecule has 0 aliphatic heterocycles. The van der Waals surface area contributed by atoms with Crippen molar-refractivity contribution in [3.8, 4) is 11.5 Å². The summed E-state index contributed by atoms with van der Waals surface area (Å²) < 4.78 is 27.5. The molecule has 0 unspecified atom stereocenters. The van der Waals surface area contributed by atoms with Crippen molar-refractivity contribution in [3.05, 3.63) is 121 Å². The summed E-state index contributed by atoms with van der Waals surface area (Å²) in [5.74, 6) is -1.75. The van der Waals surface area contributed by atoms with E-state index >= 15 is 0 Å². The Bertz CT molecular complexity index is 670. The second kappa shape index (κ2) is 17.8. The third-order valence-electron chi connectivity index (χ3n) is 2.82. The molecule has 0 heterocycles. The number of hydrogen-bond donors (Lipinski definition) is 2. The van der Waals surface area contributed by atoms with Gasteiger partial charge < -0.3 is 10.2 Å². The second-order valence-corrected chi connectivity index (χ2v) is 4.83. The minimum Gasteiger partial charge on any atom is -0.214 e. The van der Waals surface area contributed by atoms with Crippen LogP contribution in [0.15, 0.2) is 109 Å². The van der Waals surface area contributed by atoms with E-state index in [0.29, 0.717) is 0 Å². The first-order valence-corrected chi connectivity index (χ1v) is 9.90. The topological polar surface area (TPSA) is 40.5 Å². The van der Waals surface area contributed by atoms with Crippen molar-refractivity contribution in [3.63, 3.8) is 0 Å². The van der Waals surface area contributed by atoms with Crippen molar-refractivity contribution >= 4 is 4.21 Å². The van der Waals surface area contributed by atoms with E-state index in [1.165, 1.54) is 60.6 Å². The molecule has 2 nitrogen and oxygen atoms in total. The molecule has 5 heteroatoms. The van der Waals surface area contributed by atoms with Crippen LogP contribution in [0, 0.1) is 11.6 Å². The van der Waals surface area contributed by atoms with Crippen LogP contribution in [0.25, 0.3) is 0 Å². The summed E-state index contributed by atoms with van der Waals surface area (Å²) in [5, 5.41) is 17.1. The van der Waals surface area contributed by atoms with Gasteiger partial charge in [0.25, 0.3) is 0 Å². The van der Waals surface area contributed by atoms with Gasteiger partial charge >= 0.3 is 28.4 Å². The molecule has 0 aliphatic rings. The van der Waals surface area contributed by atoms with Crippen LogP contribution in [0.2, 0.25) is 0 Å². The van der Waals surface area contributed by atoms with Gasteiger partial charge in [-0.2, -0.15) is 36.4 Å². The molecule has 4 aromatic rings. The molecule has 28 heavy (non-hydrogen) atoms. The van der Waals surface area contributed by atoms with Crippen LogP contribution in [-0.4, -0.2) is 14.4 Å². The van der Waals surface area contributed by atoms with Gasteiger partial charge in [-0.3, -0.25) is 0 Å². The molecule has 0 aromatic heterocycles. The third-order valence-corrected chi connectivity index (χ3v) is 2.82. The molecule has 0 atom stereocenters. The molecule has 0 saturated carbocycles. The van der Waals surface area contributed by atoms with Crippen LogP contribution in [0.1, 0.15) is 0 Å². The van der Waals surface area contributed by atoms with Gasteiger partial charge in [-0.05, 0) is 24.3 Å². The average Bonchev–Trinajstić information content (AvgIpc) is 3.47. The molecular weight excluding hydrogens is 437 g/mol. The van der Waals surface area contributed by atoms with E-state index < -0.39 is 11.6 Å². The molecule has 0 amide bonds. The fraction of sp³-hybridized carbons (Fsp3) is 0. The van der Waals surface area contributed by atoms with Gasteiger partial charge in [0.05, 0.1) is 0 Å². The zero-order valence-corrected chi connectivity index (χ0v) is 17.7. The summed E-state index contributed by atoms with van der Waals surface area (Å²) >= 11 is 1.30. The minimum absolute atomic E-state index is 0.299. The van der Waals surface area contributed by atoms with E-state index in [1.807, 2.05) is 60.7 Å². The molecular formula is C23H22F2O2Zr. The van der Waals surface area contributed by atoms with Gasteiger partial charge in [0.2, 0.25) is 0 Å². The summed E-state index contributed by atoms with van der Waals surface area (Å²) in [6, 6.07) is 31.2. The fourth-order valence-corrected chi connectivity index (χ4v) is 1.54. The molecule has 0 spiro atoms. The maximum atomic E-state index is 12.1. The first-order valence-electron chi connectivity index (χ1n) is 8.17. The molecule has 144 valence electrons. The van der Waals surface area contributed by atoms with Crippen molar-refractivity contribution in [1.82, 2.24) is 0 Å². The number of hydrogen-bond acceptors (Lipinski definition) is 2. The number of benzene rings is 2. The minimum atomic E-state index is -0.576. The Hall–Kier alpha value is -2.65. The van der Waals surface area contributed by atoms with Crippen molar-refractivity contribution < 1.29 is 43.2 Å². The maximum Gasteiger partial charge on any atom is -0.172 e. The molecule has 0 fully saturated rings. The van der Waals surface area contributed by atoms with Crippen LogP contribution in [0.5, 0.6) is 11.5 Å². The first-order chi connectivity index (χ1) is 13.6. The zero-order valence-electron chi connectivity index (χ0n) is 15.2. The Labute approximate surface area is 179 Å². The van der Waals surface area contributed by atoms with Gasteiger partial charge in [0, 0.05) is 0 Å². The van der Waals surface area contributed by atoms with Gasteiger partial charge in [-0.25, -0.2) is 33.0 Å². The van der Waals surface area contributed by atoms with E-state index in [0.717, 1.165) is 0 Å². The number of phenolic OH excluding ortho intramolecular Hbond substituents is 2. The number of para-hydroxylation sites is 2. The Balaban J connectivity index is 0.000000344. The molecule has 0 aliphatic carbocycles. The Morgan fingerprint density at radius 2 is 0.857 bits per heavy atom. The smallest absolute Gasteiger partial charge is 0.172 e. The average molecular weight is 460 g/mol. The van der Waals surface area contributed by atoms with Crippen molar-refractivity contribution in [2.45, 2.75) is 0 Å². The Kier molecular flexibility index (Phi) is 16.1. The largest absolute Gasteiger partial charge is 0.214 e. The van der Waals surface area contributed by atoms with Gasteiger partial charge in [0.15, 0.2) is 23.1 Å². The summed E-state index contributed by atoms with van der Waals surface area (Å²) in [4.78, 5) is 0. The van der Waals surface area contributed by atoms with Crippen LogP contribution in [0.3, 0.4) is 0 Å². The van der Waals surface area contributed by atoms with Crippen molar-refractivity contribution in [2.75, 3.05) is 0 Å². The monoisotopic (exact) mass is 458 g/mol. The Morgan fingerprint density at radius 1 is 0.571 bits per heavy atom. The molecule has 0 radical (unpaired) electrons. The quantitative estimate of drug-likeness (QED) is 0.324. The number of halogens is 2. The van der Waals surface area contributed by atoms with E-state index in [-0.39, 0.29) is 11.5 Å². The van der Waals surface area contributed by atoms with E-state index in [1.54, 1.807) is 12.1 Å². The van der Waals surface area contributed by atoms with E-state index in [9.17, 15) is 8.78 Å². The van der Waals surface area contributed by atoms with Crippen LogP contribution in [-0.2, 0) is 24.2 Å². The van der Waals surface area contributed by atoms with E-state index in [2.05, 4.69) is 4.21 Å². The summed E-state index contributed by atoms with van der Waals surface area (Å²) in [6.07, 6.45) is 0. The fourth-order valence-electron chi connectivity index (χ4n) is 1.54. The molecule has 2 N–H and O–H groups in total. The van der Waals surface area contributed by atoms with Crippen molar-refractivity contribution in [1.29, 1.82) is 0 Å². The Morgan fingerprint density at radius 3 is 1.00 bits per heavy atom.